The smallest absolute Gasteiger partial charge is 0.251 e. The molecule has 2 aromatic rings. The lowest BCUT2D eigenvalue weighted by Crippen LogP contribution is -2.43. The van der Waals surface area contributed by atoms with Crippen molar-refractivity contribution in [3.05, 3.63) is 59.9 Å². The fourth-order valence-electron chi connectivity index (χ4n) is 3.54. The molecule has 0 aromatic heterocycles. The Hall–Kier alpha value is -2.40. The van der Waals surface area contributed by atoms with Gasteiger partial charge in [-0.25, -0.2) is 4.39 Å². The van der Waals surface area contributed by atoms with Gasteiger partial charge >= 0.3 is 0 Å². The molecule has 0 spiro atoms. The Morgan fingerprint density at radius 2 is 1.96 bits per heavy atom. The van der Waals surface area contributed by atoms with Crippen LogP contribution in [0.4, 0.5) is 4.39 Å². The minimum atomic E-state index is -0.343. The molecule has 4 rings (SSSR count). The van der Waals surface area contributed by atoms with Gasteiger partial charge in [0.2, 0.25) is 0 Å². The van der Waals surface area contributed by atoms with Crippen molar-refractivity contribution in [2.24, 2.45) is 5.92 Å². The molecular weight excluding hydrogens is 307 g/mol. The van der Waals surface area contributed by atoms with Gasteiger partial charge in [0.05, 0.1) is 0 Å². The Morgan fingerprint density at radius 3 is 2.62 bits per heavy atom. The van der Waals surface area contributed by atoms with Gasteiger partial charge in [-0.1, -0.05) is 6.07 Å². The van der Waals surface area contributed by atoms with Crippen molar-refractivity contribution in [3.63, 3.8) is 0 Å². The monoisotopic (exact) mass is 326 g/mol. The Kier molecular flexibility index (Phi) is 3.94. The summed E-state index contributed by atoms with van der Waals surface area (Å²) in [4.78, 5) is 14.8. The number of carbonyl (C=O) groups excluding carboxylic acids is 1. The molecule has 124 valence electrons. The highest BCUT2D eigenvalue weighted by Gasteiger charge is 2.38. The van der Waals surface area contributed by atoms with Crippen molar-refractivity contribution >= 4 is 5.91 Å². The number of piperidine rings is 1. The summed E-state index contributed by atoms with van der Waals surface area (Å²) in [6.07, 6.45) is 1.17. The molecule has 0 saturated carbocycles. The van der Waals surface area contributed by atoms with Crippen LogP contribution in [0.5, 0.6) is 11.5 Å². The van der Waals surface area contributed by atoms with E-state index in [9.17, 15) is 9.18 Å². The van der Waals surface area contributed by atoms with E-state index in [2.05, 4.69) is 10.2 Å². The summed E-state index contributed by atoms with van der Waals surface area (Å²) in [6, 6.07) is 13.2. The molecule has 2 bridgehead atoms. The maximum atomic E-state index is 13.2. The van der Waals surface area contributed by atoms with Crippen LogP contribution in [0.1, 0.15) is 16.8 Å². The van der Waals surface area contributed by atoms with Crippen LogP contribution in [-0.4, -0.2) is 36.5 Å². The van der Waals surface area contributed by atoms with E-state index in [0.717, 1.165) is 19.6 Å². The lowest BCUT2D eigenvalue weighted by molar-refractivity contribution is 0.0924. The molecule has 2 fully saturated rings. The molecule has 0 radical (unpaired) electrons. The largest absolute Gasteiger partial charge is 0.457 e. The fourth-order valence-corrected chi connectivity index (χ4v) is 3.54. The number of amides is 1. The third-order valence-electron chi connectivity index (χ3n) is 4.80. The molecule has 2 saturated heterocycles. The van der Waals surface area contributed by atoms with Gasteiger partial charge in [-0.15, -0.1) is 0 Å². The van der Waals surface area contributed by atoms with Gasteiger partial charge in [0.15, 0.2) is 0 Å². The second kappa shape index (κ2) is 6.24. The number of rotatable bonds is 4. The summed E-state index contributed by atoms with van der Waals surface area (Å²) in [6.45, 7) is 3.21. The molecule has 24 heavy (non-hydrogen) atoms. The second-order valence-corrected chi connectivity index (χ2v) is 6.47. The molecule has 2 aliphatic heterocycles. The zero-order chi connectivity index (χ0) is 16.5. The normalized spacial score (nSPS) is 24.8. The van der Waals surface area contributed by atoms with Crippen molar-refractivity contribution in [1.82, 2.24) is 10.2 Å². The van der Waals surface area contributed by atoms with Crippen LogP contribution in [0.3, 0.4) is 0 Å². The van der Waals surface area contributed by atoms with Crippen LogP contribution in [-0.2, 0) is 0 Å². The highest BCUT2D eigenvalue weighted by molar-refractivity contribution is 5.94. The lowest BCUT2D eigenvalue weighted by Gasteiger charge is -2.23. The first kappa shape index (κ1) is 15.1. The molecule has 5 heteroatoms. The molecule has 2 heterocycles. The predicted octanol–water partition coefficient (Wildman–Crippen LogP) is 3.05. The van der Waals surface area contributed by atoms with Gasteiger partial charge < -0.3 is 15.0 Å². The van der Waals surface area contributed by atoms with E-state index in [1.165, 1.54) is 18.6 Å². The zero-order valence-electron chi connectivity index (χ0n) is 13.2. The van der Waals surface area contributed by atoms with Crippen molar-refractivity contribution in [3.8, 4) is 11.5 Å². The number of halogens is 1. The topological polar surface area (TPSA) is 41.6 Å². The first-order valence-corrected chi connectivity index (χ1v) is 8.24. The van der Waals surface area contributed by atoms with Crippen LogP contribution < -0.4 is 10.1 Å². The molecule has 2 aliphatic rings. The highest BCUT2D eigenvalue weighted by atomic mass is 19.1. The average molecular weight is 326 g/mol. The first-order chi connectivity index (χ1) is 11.7. The van der Waals surface area contributed by atoms with Crippen molar-refractivity contribution in [2.75, 3.05) is 19.6 Å². The number of hydrogen-bond acceptors (Lipinski definition) is 3. The van der Waals surface area contributed by atoms with Gasteiger partial charge in [0, 0.05) is 30.8 Å². The Balaban J connectivity index is 1.39. The Bertz CT molecular complexity index is 747. The molecule has 0 aliphatic carbocycles. The molecule has 1 N–H and O–H groups in total. The standard InChI is InChI=1S/C19H19FN2O2/c20-15-2-1-3-17(10-15)24-16-6-4-13(5-7-16)19(23)21-18-12-22-9-8-14(18)11-22/h1-7,10,14,18H,8-9,11-12H2,(H,21,23)/t14-,18+/m1/s1. The SMILES string of the molecule is O=C(N[C@H]1CN2CC[C@@H]1C2)c1ccc(Oc2cccc(F)c2)cc1. The quantitative estimate of drug-likeness (QED) is 0.939. The van der Waals surface area contributed by atoms with Gasteiger partial charge in [0.25, 0.3) is 5.91 Å². The lowest BCUT2D eigenvalue weighted by atomic mass is 9.99. The zero-order valence-corrected chi connectivity index (χ0v) is 13.2. The maximum Gasteiger partial charge on any atom is 0.251 e. The third-order valence-corrected chi connectivity index (χ3v) is 4.80. The first-order valence-electron chi connectivity index (χ1n) is 8.24. The van der Waals surface area contributed by atoms with Gasteiger partial charge in [0.1, 0.15) is 17.3 Å². The number of nitrogens with zero attached hydrogens (tertiary/aromatic N) is 1. The number of fused-ring (bicyclic) bond motifs is 2. The van der Waals surface area contributed by atoms with Gasteiger partial charge in [-0.05, 0) is 55.3 Å². The third kappa shape index (κ3) is 3.12. The summed E-state index contributed by atoms with van der Waals surface area (Å²) in [5, 5.41) is 3.13. The van der Waals surface area contributed by atoms with E-state index in [-0.39, 0.29) is 17.8 Å². The average Bonchev–Trinajstić information content (AvgIpc) is 3.18. The van der Waals surface area contributed by atoms with Crippen molar-refractivity contribution in [1.29, 1.82) is 0 Å². The van der Waals surface area contributed by atoms with Crippen LogP contribution in [0.15, 0.2) is 48.5 Å². The summed E-state index contributed by atoms with van der Waals surface area (Å²) in [5.74, 6) is 1.20. The predicted molar refractivity (Wildman–Crippen MR) is 88.7 cm³/mol. The fraction of sp³-hybridized carbons (Fsp3) is 0.316. The van der Waals surface area contributed by atoms with E-state index in [4.69, 9.17) is 4.74 Å². The molecule has 2 aromatic carbocycles. The minimum Gasteiger partial charge on any atom is -0.457 e. The van der Waals surface area contributed by atoms with E-state index < -0.39 is 0 Å². The van der Waals surface area contributed by atoms with Crippen LogP contribution >= 0.6 is 0 Å². The van der Waals surface area contributed by atoms with E-state index in [1.807, 2.05) is 0 Å². The van der Waals surface area contributed by atoms with Gasteiger partial charge in [-0.2, -0.15) is 0 Å². The molecular formula is C19H19FN2O2. The van der Waals surface area contributed by atoms with Crippen LogP contribution in [0.25, 0.3) is 0 Å². The maximum absolute atomic E-state index is 13.2. The van der Waals surface area contributed by atoms with E-state index in [0.29, 0.717) is 23.0 Å². The summed E-state index contributed by atoms with van der Waals surface area (Å²) in [7, 11) is 0. The summed E-state index contributed by atoms with van der Waals surface area (Å²) in [5.41, 5.74) is 0.611. The molecule has 1 unspecified atom stereocenters. The van der Waals surface area contributed by atoms with E-state index >= 15 is 0 Å². The van der Waals surface area contributed by atoms with E-state index in [1.54, 1.807) is 36.4 Å². The van der Waals surface area contributed by atoms with Crippen LogP contribution in [0.2, 0.25) is 0 Å². The Labute approximate surface area is 140 Å². The number of nitrogens with one attached hydrogen (secondary N) is 1. The molecule has 3 atom stereocenters. The second-order valence-electron chi connectivity index (χ2n) is 6.47. The number of benzene rings is 2. The van der Waals surface area contributed by atoms with Crippen molar-refractivity contribution < 1.29 is 13.9 Å². The molecule has 1 amide bonds. The van der Waals surface area contributed by atoms with Crippen LogP contribution in [0, 0.1) is 11.7 Å². The minimum absolute atomic E-state index is 0.0499. The number of carbonyl (C=O) groups is 1. The molecule has 4 nitrogen and oxygen atoms in total. The van der Waals surface area contributed by atoms with Crippen molar-refractivity contribution in [2.45, 2.75) is 12.5 Å². The van der Waals surface area contributed by atoms with Gasteiger partial charge in [-0.3, -0.25) is 4.79 Å². The Morgan fingerprint density at radius 1 is 1.12 bits per heavy atom. The highest BCUT2D eigenvalue weighted by Crippen LogP contribution is 2.28. The summed E-state index contributed by atoms with van der Waals surface area (Å²) >= 11 is 0. The number of ether oxygens (including phenoxy) is 1. The summed E-state index contributed by atoms with van der Waals surface area (Å²) < 4.78 is 18.8. The number of hydrogen-bond donors (Lipinski definition) is 1.